The van der Waals surface area contributed by atoms with E-state index in [4.69, 9.17) is 8.83 Å². The molecule has 1 N–H and O–H groups in total. The molecule has 2 aromatic rings. The summed E-state index contributed by atoms with van der Waals surface area (Å²) in [6.07, 6.45) is 4.66. The van der Waals surface area contributed by atoms with Crippen molar-refractivity contribution in [2.24, 2.45) is 5.92 Å². The van der Waals surface area contributed by atoms with Gasteiger partial charge in [-0.3, -0.25) is 9.59 Å². The van der Waals surface area contributed by atoms with Crippen LogP contribution in [0.4, 0.5) is 0 Å². The molecule has 0 fully saturated rings. The van der Waals surface area contributed by atoms with Crippen molar-refractivity contribution in [1.82, 2.24) is 10.2 Å². The minimum absolute atomic E-state index is 0.0665. The summed E-state index contributed by atoms with van der Waals surface area (Å²) < 4.78 is 10.3. The average molecular weight is 318 g/mol. The Balaban J connectivity index is 1.96. The molecule has 2 aromatic heterocycles. The van der Waals surface area contributed by atoms with Gasteiger partial charge in [0, 0.05) is 19.5 Å². The standard InChI is InChI=1S/C17H22N2O4/c1-13(2)10-18-16(20)5-7-19(11-15-4-3-8-23-15)17(21)14-6-9-22-12-14/h3-4,6,8-9,12-13H,5,7,10-11H2,1-2H3,(H,18,20). The van der Waals surface area contributed by atoms with Crippen LogP contribution in [0.3, 0.4) is 0 Å². The quantitative estimate of drug-likeness (QED) is 0.812. The van der Waals surface area contributed by atoms with E-state index < -0.39 is 0 Å². The summed E-state index contributed by atoms with van der Waals surface area (Å²) in [7, 11) is 0. The number of furan rings is 2. The lowest BCUT2D eigenvalue weighted by Crippen LogP contribution is -2.35. The highest BCUT2D eigenvalue weighted by atomic mass is 16.3. The van der Waals surface area contributed by atoms with Crippen LogP contribution < -0.4 is 5.32 Å². The second-order valence-corrected chi connectivity index (χ2v) is 5.77. The van der Waals surface area contributed by atoms with Crippen LogP contribution in [0.25, 0.3) is 0 Å². The van der Waals surface area contributed by atoms with Gasteiger partial charge >= 0.3 is 0 Å². The number of carbonyl (C=O) groups excluding carboxylic acids is 2. The number of carbonyl (C=O) groups is 2. The van der Waals surface area contributed by atoms with Crippen LogP contribution in [-0.2, 0) is 11.3 Å². The molecule has 6 nitrogen and oxygen atoms in total. The first kappa shape index (κ1) is 16.9. The third-order valence-electron chi connectivity index (χ3n) is 3.30. The summed E-state index contributed by atoms with van der Waals surface area (Å²) in [5, 5.41) is 2.85. The maximum absolute atomic E-state index is 12.5. The maximum atomic E-state index is 12.5. The van der Waals surface area contributed by atoms with E-state index in [9.17, 15) is 9.59 Å². The predicted octanol–water partition coefficient (Wildman–Crippen LogP) is 2.68. The Kier molecular flexibility index (Phi) is 6.02. The number of hydrogen-bond acceptors (Lipinski definition) is 4. The molecule has 0 aliphatic heterocycles. The number of amides is 2. The van der Waals surface area contributed by atoms with Crippen molar-refractivity contribution in [1.29, 1.82) is 0 Å². The van der Waals surface area contributed by atoms with Gasteiger partial charge in [0.2, 0.25) is 5.91 Å². The monoisotopic (exact) mass is 318 g/mol. The molecule has 0 aliphatic carbocycles. The van der Waals surface area contributed by atoms with E-state index in [2.05, 4.69) is 5.32 Å². The molecule has 0 saturated heterocycles. The molecule has 0 aromatic carbocycles. The molecule has 0 unspecified atom stereocenters. The molecule has 2 amide bonds. The lowest BCUT2D eigenvalue weighted by molar-refractivity contribution is -0.121. The molecule has 6 heteroatoms. The average Bonchev–Trinajstić information content (AvgIpc) is 3.21. The van der Waals surface area contributed by atoms with E-state index in [-0.39, 0.29) is 18.2 Å². The lowest BCUT2D eigenvalue weighted by atomic mass is 10.2. The molecular formula is C17H22N2O4. The second kappa shape index (κ2) is 8.22. The molecule has 124 valence electrons. The van der Waals surface area contributed by atoms with Gasteiger partial charge in [-0.2, -0.15) is 0 Å². The Morgan fingerprint density at radius 2 is 2.09 bits per heavy atom. The third-order valence-corrected chi connectivity index (χ3v) is 3.30. The van der Waals surface area contributed by atoms with E-state index in [1.807, 2.05) is 13.8 Å². The number of nitrogens with zero attached hydrogens (tertiary/aromatic N) is 1. The Hall–Kier alpha value is -2.50. The molecule has 0 atom stereocenters. The summed E-state index contributed by atoms with van der Waals surface area (Å²) in [4.78, 5) is 26.0. The van der Waals surface area contributed by atoms with Gasteiger partial charge in [0.05, 0.1) is 24.6 Å². The summed E-state index contributed by atoms with van der Waals surface area (Å²) >= 11 is 0. The summed E-state index contributed by atoms with van der Waals surface area (Å²) in [5.74, 6) is 0.810. The van der Waals surface area contributed by atoms with Gasteiger partial charge in [-0.1, -0.05) is 13.8 Å². The third kappa shape index (κ3) is 5.32. The highest BCUT2D eigenvalue weighted by molar-refractivity contribution is 5.94. The van der Waals surface area contributed by atoms with Crippen LogP contribution in [0.2, 0.25) is 0 Å². The van der Waals surface area contributed by atoms with E-state index in [1.165, 1.54) is 12.5 Å². The number of rotatable bonds is 8. The summed E-state index contributed by atoms with van der Waals surface area (Å²) in [5.41, 5.74) is 0.458. The van der Waals surface area contributed by atoms with Crippen molar-refractivity contribution in [3.8, 4) is 0 Å². The molecule has 23 heavy (non-hydrogen) atoms. The highest BCUT2D eigenvalue weighted by Gasteiger charge is 2.19. The smallest absolute Gasteiger partial charge is 0.257 e. The molecule has 0 radical (unpaired) electrons. The molecule has 0 spiro atoms. The predicted molar refractivity (Wildman–Crippen MR) is 84.6 cm³/mol. The van der Waals surface area contributed by atoms with Crippen molar-refractivity contribution in [2.45, 2.75) is 26.8 Å². The summed E-state index contributed by atoms with van der Waals surface area (Å²) in [6, 6.07) is 5.18. The minimum atomic E-state index is -0.188. The zero-order valence-corrected chi connectivity index (χ0v) is 13.5. The van der Waals surface area contributed by atoms with E-state index in [0.717, 1.165) is 0 Å². The van der Waals surface area contributed by atoms with Crippen molar-refractivity contribution >= 4 is 11.8 Å². The van der Waals surface area contributed by atoms with E-state index in [1.54, 1.807) is 29.4 Å². The maximum Gasteiger partial charge on any atom is 0.257 e. The minimum Gasteiger partial charge on any atom is -0.472 e. The van der Waals surface area contributed by atoms with Gasteiger partial charge in [-0.05, 0) is 24.1 Å². The fourth-order valence-electron chi connectivity index (χ4n) is 2.05. The van der Waals surface area contributed by atoms with Gasteiger partial charge in [0.1, 0.15) is 12.0 Å². The Morgan fingerprint density at radius 3 is 2.70 bits per heavy atom. The zero-order valence-electron chi connectivity index (χ0n) is 13.5. The lowest BCUT2D eigenvalue weighted by Gasteiger charge is -2.21. The second-order valence-electron chi connectivity index (χ2n) is 5.77. The molecule has 2 rings (SSSR count). The van der Waals surface area contributed by atoms with Crippen LogP contribution >= 0.6 is 0 Å². The van der Waals surface area contributed by atoms with Crippen molar-refractivity contribution in [2.75, 3.05) is 13.1 Å². The Bertz CT molecular complexity index is 603. The molecular weight excluding hydrogens is 296 g/mol. The van der Waals surface area contributed by atoms with Gasteiger partial charge in [-0.15, -0.1) is 0 Å². The van der Waals surface area contributed by atoms with Crippen molar-refractivity contribution in [3.05, 3.63) is 48.3 Å². The zero-order chi connectivity index (χ0) is 16.7. The van der Waals surface area contributed by atoms with Crippen molar-refractivity contribution in [3.63, 3.8) is 0 Å². The Morgan fingerprint density at radius 1 is 1.26 bits per heavy atom. The van der Waals surface area contributed by atoms with Crippen LogP contribution in [0, 0.1) is 5.92 Å². The van der Waals surface area contributed by atoms with Gasteiger partial charge < -0.3 is 19.1 Å². The van der Waals surface area contributed by atoms with Crippen LogP contribution in [-0.4, -0.2) is 29.8 Å². The Labute approximate surface area is 135 Å². The van der Waals surface area contributed by atoms with Crippen LogP contribution in [0.15, 0.2) is 45.8 Å². The first-order valence-corrected chi connectivity index (χ1v) is 7.67. The molecule has 0 aliphatic rings. The van der Waals surface area contributed by atoms with E-state index in [0.29, 0.717) is 36.9 Å². The molecule has 2 heterocycles. The van der Waals surface area contributed by atoms with E-state index >= 15 is 0 Å². The van der Waals surface area contributed by atoms with Gasteiger partial charge in [-0.25, -0.2) is 0 Å². The number of hydrogen-bond donors (Lipinski definition) is 1. The van der Waals surface area contributed by atoms with Crippen LogP contribution in [0.1, 0.15) is 36.4 Å². The highest BCUT2D eigenvalue weighted by Crippen LogP contribution is 2.11. The SMILES string of the molecule is CC(C)CNC(=O)CCN(Cc1ccco1)C(=O)c1ccoc1. The fourth-order valence-corrected chi connectivity index (χ4v) is 2.05. The normalized spacial score (nSPS) is 10.7. The first-order valence-electron chi connectivity index (χ1n) is 7.67. The van der Waals surface area contributed by atoms with Gasteiger partial charge in [0.25, 0.3) is 5.91 Å². The molecule has 0 saturated carbocycles. The largest absolute Gasteiger partial charge is 0.472 e. The van der Waals surface area contributed by atoms with Crippen molar-refractivity contribution < 1.29 is 18.4 Å². The fraction of sp³-hybridized carbons (Fsp3) is 0.412. The number of nitrogens with one attached hydrogen (secondary N) is 1. The summed E-state index contributed by atoms with van der Waals surface area (Å²) in [6.45, 7) is 5.33. The molecule has 0 bridgehead atoms. The first-order chi connectivity index (χ1) is 11.1. The topological polar surface area (TPSA) is 75.7 Å². The van der Waals surface area contributed by atoms with Crippen LogP contribution in [0.5, 0.6) is 0 Å². The van der Waals surface area contributed by atoms with Gasteiger partial charge in [0.15, 0.2) is 0 Å².